The number of ether oxygens (including phenoxy) is 2. The highest BCUT2D eigenvalue weighted by atomic mass is 16.5. The molecular formula is C17H27NO3. The maximum atomic E-state index is 11.8. The fourth-order valence-electron chi connectivity index (χ4n) is 2.05. The summed E-state index contributed by atoms with van der Waals surface area (Å²) in [6, 6.07) is 10.3. The van der Waals surface area contributed by atoms with Crippen LogP contribution in [0.2, 0.25) is 0 Å². The molecule has 0 saturated heterocycles. The minimum atomic E-state index is -0.161. The Labute approximate surface area is 127 Å². The van der Waals surface area contributed by atoms with Gasteiger partial charge >= 0.3 is 5.97 Å². The number of hydrogen-bond acceptors (Lipinski definition) is 4. The van der Waals surface area contributed by atoms with Gasteiger partial charge < -0.3 is 14.8 Å². The molecule has 0 bridgehead atoms. The molecule has 1 rings (SSSR count). The zero-order valence-electron chi connectivity index (χ0n) is 13.3. The monoisotopic (exact) mass is 293 g/mol. The Morgan fingerprint density at radius 2 is 1.95 bits per heavy atom. The molecule has 1 aromatic carbocycles. The predicted octanol–water partition coefficient (Wildman–Crippen LogP) is 2.91. The number of carbonyl (C=O) groups excluding carboxylic acids is 1. The number of benzene rings is 1. The van der Waals surface area contributed by atoms with E-state index in [-0.39, 0.29) is 12.0 Å². The highest BCUT2D eigenvalue weighted by Crippen LogP contribution is 2.05. The lowest BCUT2D eigenvalue weighted by Crippen LogP contribution is -2.38. The molecule has 0 aromatic heterocycles. The van der Waals surface area contributed by atoms with Crippen molar-refractivity contribution in [2.24, 2.45) is 0 Å². The van der Waals surface area contributed by atoms with Crippen LogP contribution in [0.4, 0.5) is 0 Å². The van der Waals surface area contributed by atoms with Gasteiger partial charge in [0, 0.05) is 25.1 Å². The third-order valence-electron chi connectivity index (χ3n) is 3.03. The van der Waals surface area contributed by atoms with E-state index in [1.165, 1.54) is 0 Å². The summed E-state index contributed by atoms with van der Waals surface area (Å²) in [7, 11) is 0. The van der Waals surface area contributed by atoms with Crippen molar-refractivity contribution in [3.8, 4) is 0 Å². The van der Waals surface area contributed by atoms with Crippen molar-refractivity contribution in [1.82, 2.24) is 5.32 Å². The first-order chi connectivity index (χ1) is 10.1. The summed E-state index contributed by atoms with van der Waals surface area (Å²) in [4.78, 5) is 11.8. The SMILES string of the molecule is CCOC[C@H](CCC(=O)OCc1ccccc1)NC(C)C. The van der Waals surface area contributed by atoms with Gasteiger partial charge in [0.2, 0.25) is 0 Å². The van der Waals surface area contributed by atoms with Crippen molar-refractivity contribution in [3.05, 3.63) is 35.9 Å². The molecule has 0 fully saturated rings. The molecule has 1 atom stereocenters. The van der Waals surface area contributed by atoms with Gasteiger partial charge in [0.25, 0.3) is 0 Å². The summed E-state index contributed by atoms with van der Waals surface area (Å²) in [6.45, 7) is 7.81. The summed E-state index contributed by atoms with van der Waals surface area (Å²) in [5, 5.41) is 3.41. The van der Waals surface area contributed by atoms with Crippen molar-refractivity contribution >= 4 is 5.97 Å². The lowest BCUT2D eigenvalue weighted by molar-refractivity contribution is -0.145. The minimum absolute atomic E-state index is 0.161. The molecule has 4 heteroatoms. The fourth-order valence-corrected chi connectivity index (χ4v) is 2.05. The smallest absolute Gasteiger partial charge is 0.306 e. The minimum Gasteiger partial charge on any atom is -0.461 e. The van der Waals surface area contributed by atoms with Gasteiger partial charge in [0.15, 0.2) is 0 Å². The summed E-state index contributed by atoms with van der Waals surface area (Å²) >= 11 is 0. The van der Waals surface area contributed by atoms with Gasteiger partial charge in [-0.1, -0.05) is 44.2 Å². The molecule has 1 N–H and O–H groups in total. The Bertz CT molecular complexity index is 392. The molecule has 0 spiro atoms. The second-order valence-corrected chi connectivity index (χ2v) is 5.36. The number of nitrogens with one attached hydrogen (secondary N) is 1. The fraction of sp³-hybridized carbons (Fsp3) is 0.588. The molecule has 21 heavy (non-hydrogen) atoms. The molecule has 4 nitrogen and oxygen atoms in total. The first-order valence-corrected chi connectivity index (χ1v) is 7.65. The van der Waals surface area contributed by atoms with Gasteiger partial charge in [-0.3, -0.25) is 4.79 Å². The second kappa shape index (κ2) is 10.4. The van der Waals surface area contributed by atoms with E-state index in [4.69, 9.17) is 9.47 Å². The highest BCUT2D eigenvalue weighted by Gasteiger charge is 2.13. The molecule has 1 aromatic rings. The van der Waals surface area contributed by atoms with E-state index in [2.05, 4.69) is 19.2 Å². The summed E-state index contributed by atoms with van der Waals surface area (Å²) in [5.41, 5.74) is 1.01. The van der Waals surface area contributed by atoms with Gasteiger partial charge in [0.05, 0.1) is 6.61 Å². The molecular weight excluding hydrogens is 266 g/mol. The van der Waals surface area contributed by atoms with Crippen molar-refractivity contribution in [2.45, 2.75) is 52.3 Å². The van der Waals surface area contributed by atoms with E-state index in [1.54, 1.807) is 0 Å². The van der Waals surface area contributed by atoms with Crippen LogP contribution in [0, 0.1) is 0 Å². The number of carbonyl (C=O) groups is 1. The predicted molar refractivity (Wildman–Crippen MR) is 84.0 cm³/mol. The Hall–Kier alpha value is -1.39. The average molecular weight is 293 g/mol. The van der Waals surface area contributed by atoms with Crippen molar-refractivity contribution in [2.75, 3.05) is 13.2 Å². The van der Waals surface area contributed by atoms with Crippen molar-refractivity contribution < 1.29 is 14.3 Å². The van der Waals surface area contributed by atoms with E-state index in [1.807, 2.05) is 37.3 Å². The lowest BCUT2D eigenvalue weighted by atomic mass is 10.1. The lowest BCUT2D eigenvalue weighted by Gasteiger charge is -2.20. The van der Waals surface area contributed by atoms with E-state index >= 15 is 0 Å². The standard InChI is InChI=1S/C17H27NO3/c1-4-20-13-16(18-14(2)3)10-11-17(19)21-12-15-8-6-5-7-9-15/h5-9,14,16,18H,4,10-13H2,1-3H3/t16-/m0/s1. The largest absolute Gasteiger partial charge is 0.461 e. The molecule has 0 aliphatic heterocycles. The molecule has 0 radical (unpaired) electrons. The zero-order chi connectivity index (χ0) is 15.5. The molecule has 0 amide bonds. The molecule has 0 aliphatic carbocycles. The maximum absolute atomic E-state index is 11.8. The first-order valence-electron chi connectivity index (χ1n) is 7.65. The van der Waals surface area contributed by atoms with Gasteiger partial charge in [-0.25, -0.2) is 0 Å². The molecule has 0 aliphatic rings. The zero-order valence-corrected chi connectivity index (χ0v) is 13.3. The van der Waals surface area contributed by atoms with Crippen molar-refractivity contribution in [3.63, 3.8) is 0 Å². The topological polar surface area (TPSA) is 47.6 Å². The van der Waals surface area contributed by atoms with Crippen LogP contribution in [0.5, 0.6) is 0 Å². The van der Waals surface area contributed by atoms with Crippen LogP contribution >= 0.6 is 0 Å². The number of esters is 1. The quantitative estimate of drug-likeness (QED) is 0.674. The molecule has 0 unspecified atom stereocenters. The van der Waals surface area contributed by atoms with E-state index in [0.29, 0.717) is 32.3 Å². The summed E-state index contributed by atoms with van der Waals surface area (Å²) in [6.07, 6.45) is 1.14. The Balaban J connectivity index is 2.28. The average Bonchev–Trinajstić information content (AvgIpc) is 2.48. The molecule has 0 saturated carbocycles. The molecule has 118 valence electrons. The second-order valence-electron chi connectivity index (χ2n) is 5.36. The van der Waals surface area contributed by atoms with Gasteiger partial charge in [0.1, 0.15) is 6.61 Å². The number of rotatable bonds is 10. The van der Waals surface area contributed by atoms with Crippen LogP contribution in [-0.4, -0.2) is 31.3 Å². The van der Waals surface area contributed by atoms with Crippen LogP contribution in [-0.2, 0) is 20.9 Å². The third-order valence-corrected chi connectivity index (χ3v) is 3.03. The van der Waals surface area contributed by atoms with E-state index in [0.717, 1.165) is 12.0 Å². The third kappa shape index (κ3) is 8.48. The van der Waals surface area contributed by atoms with Gasteiger partial charge in [-0.2, -0.15) is 0 Å². The van der Waals surface area contributed by atoms with Crippen LogP contribution in [0.25, 0.3) is 0 Å². The normalized spacial score (nSPS) is 12.4. The van der Waals surface area contributed by atoms with Crippen LogP contribution < -0.4 is 5.32 Å². The Morgan fingerprint density at radius 3 is 2.57 bits per heavy atom. The highest BCUT2D eigenvalue weighted by molar-refractivity contribution is 5.69. The van der Waals surface area contributed by atoms with Crippen LogP contribution in [0.1, 0.15) is 39.2 Å². The van der Waals surface area contributed by atoms with E-state index < -0.39 is 0 Å². The Morgan fingerprint density at radius 1 is 1.24 bits per heavy atom. The van der Waals surface area contributed by atoms with Crippen LogP contribution in [0.15, 0.2) is 30.3 Å². The molecule has 0 heterocycles. The van der Waals surface area contributed by atoms with E-state index in [9.17, 15) is 4.79 Å². The van der Waals surface area contributed by atoms with Gasteiger partial charge in [-0.15, -0.1) is 0 Å². The maximum Gasteiger partial charge on any atom is 0.306 e. The first kappa shape index (κ1) is 17.7. The van der Waals surface area contributed by atoms with Crippen LogP contribution in [0.3, 0.4) is 0 Å². The number of hydrogen-bond donors (Lipinski definition) is 1. The Kier molecular flexibility index (Phi) is 8.71. The summed E-state index contributed by atoms with van der Waals surface area (Å²) < 4.78 is 10.7. The van der Waals surface area contributed by atoms with Gasteiger partial charge in [-0.05, 0) is 18.9 Å². The summed E-state index contributed by atoms with van der Waals surface area (Å²) in [5.74, 6) is -0.161. The van der Waals surface area contributed by atoms with Crippen molar-refractivity contribution in [1.29, 1.82) is 0 Å².